The van der Waals surface area contributed by atoms with Crippen molar-refractivity contribution >= 4 is 0 Å². The summed E-state index contributed by atoms with van der Waals surface area (Å²) in [5.74, 6) is 0. The number of unbranched alkanes of at least 4 members (excludes halogenated alkanes) is 2. The Hall–Kier alpha value is -0.0800. The minimum absolute atomic E-state index is 0.955. The molecule has 0 atom stereocenters. The van der Waals surface area contributed by atoms with Gasteiger partial charge in [0.15, 0.2) is 0 Å². The first-order valence-corrected chi connectivity index (χ1v) is 7.06. The van der Waals surface area contributed by atoms with Crippen LogP contribution in [-0.4, -0.2) is 37.7 Å². The molecule has 0 radical (unpaired) electrons. The molecule has 0 aromatic carbocycles. The molecule has 0 rings (SSSR count). The van der Waals surface area contributed by atoms with E-state index < -0.39 is 0 Å². The summed E-state index contributed by atoms with van der Waals surface area (Å²) in [7, 11) is 0. The fourth-order valence-electron chi connectivity index (χ4n) is 1.27. The Morgan fingerprint density at radius 3 is 1.25 bits per heavy atom. The predicted octanol–water partition coefficient (Wildman–Crippen LogP) is 3.95. The molecule has 0 saturated carbocycles. The van der Waals surface area contributed by atoms with Gasteiger partial charge in [0.25, 0.3) is 0 Å². The quantitative estimate of drug-likeness (QED) is 0.557. The standard InChI is InChI=1S/C8H18O.C6H15N/c1-3-5-7-9-8-6-4-2;1-4-7(5-2)6-3/h3-8H2,1-2H3;4-6H2,1-3H3. The molecule has 0 aliphatic heterocycles. The maximum Gasteiger partial charge on any atom is 0.0465 e. The van der Waals surface area contributed by atoms with Crippen molar-refractivity contribution in [2.24, 2.45) is 0 Å². The number of hydrogen-bond acceptors (Lipinski definition) is 2. The van der Waals surface area contributed by atoms with Gasteiger partial charge in [0.05, 0.1) is 0 Å². The molecule has 0 aromatic rings. The second-order valence-corrected chi connectivity index (χ2v) is 3.94. The lowest BCUT2D eigenvalue weighted by Gasteiger charge is -2.13. The highest BCUT2D eigenvalue weighted by molar-refractivity contribution is 4.43. The molecule has 0 aliphatic rings. The number of nitrogens with zero attached hydrogens (tertiary/aromatic N) is 1. The van der Waals surface area contributed by atoms with Gasteiger partial charge in [-0.1, -0.05) is 47.5 Å². The first kappa shape index (κ1) is 18.3. The molecule has 0 N–H and O–H groups in total. The largest absolute Gasteiger partial charge is 0.381 e. The average molecular weight is 231 g/mol. The van der Waals surface area contributed by atoms with Gasteiger partial charge in [-0.05, 0) is 32.5 Å². The summed E-state index contributed by atoms with van der Waals surface area (Å²) in [4.78, 5) is 2.38. The van der Waals surface area contributed by atoms with Gasteiger partial charge in [-0.2, -0.15) is 0 Å². The lowest BCUT2D eigenvalue weighted by molar-refractivity contribution is 0.128. The molecule has 2 nitrogen and oxygen atoms in total. The zero-order chi connectivity index (χ0) is 12.6. The number of hydrogen-bond donors (Lipinski definition) is 0. The molecule has 0 saturated heterocycles. The fraction of sp³-hybridized carbons (Fsp3) is 1.00. The molecular weight excluding hydrogens is 198 g/mol. The second-order valence-electron chi connectivity index (χ2n) is 3.94. The van der Waals surface area contributed by atoms with Crippen LogP contribution in [0.2, 0.25) is 0 Å². The molecular formula is C14H33NO. The summed E-state index contributed by atoms with van der Waals surface area (Å²) >= 11 is 0. The maximum atomic E-state index is 5.31. The Kier molecular flexibility index (Phi) is 19.8. The van der Waals surface area contributed by atoms with Crippen molar-refractivity contribution < 1.29 is 4.74 Å². The molecule has 16 heavy (non-hydrogen) atoms. The minimum atomic E-state index is 0.955. The zero-order valence-electron chi connectivity index (χ0n) is 12.2. The van der Waals surface area contributed by atoms with E-state index in [1.54, 1.807) is 0 Å². The molecule has 0 spiro atoms. The molecule has 0 aliphatic carbocycles. The maximum absolute atomic E-state index is 5.31. The van der Waals surface area contributed by atoms with E-state index in [1.807, 2.05) is 0 Å². The van der Waals surface area contributed by atoms with E-state index in [2.05, 4.69) is 39.5 Å². The summed E-state index contributed by atoms with van der Waals surface area (Å²) in [5, 5.41) is 0. The molecule has 0 heterocycles. The van der Waals surface area contributed by atoms with Crippen LogP contribution in [0.3, 0.4) is 0 Å². The summed E-state index contributed by atoms with van der Waals surface area (Å²) in [5.41, 5.74) is 0. The Labute approximate surface area is 103 Å². The SMILES string of the molecule is CCCCOCCCC.CCN(CC)CC. The second kappa shape index (κ2) is 17.3. The molecule has 0 amide bonds. The monoisotopic (exact) mass is 231 g/mol. The third kappa shape index (κ3) is 16.4. The van der Waals surface area contributed by atoms with E-state index in [1.165, 1.54) is 45.3 Å². The van der Waals surface area contributed by atoms with Crippen LogP contribution in [0.5, 0.6) is 0 Å². The smallest absolute Gasteiger partial charge is 0.0465 e. The summed E-state index contributed by atoms with van der Waals surface area (Å²) < 4.78 is 5.31. The first-order valence-electron chi connectivity index (χ1n) is 7.06. The molecule has 0 aromatic heterocycles. The van der Waals surface area contributed by atoms with Gasteiger partial charge < -0.3 is 9.64 Å². The van der Waals surface area contributed by atoms with E-state index in [-0.39, 0.29) is 0 Å². The average Bonchev–Trinajstić information content (AvgIpc) is 2.32. The van der Waals surface area contributed by atoms with Gasteiger partial charge in [0, 0.05) is 13.2 Å². The highest BCUT2D eigenvalue weighted by Crippen LogP contribution is 1.91. The molecule has 0 unspecified atom stereocenters. The zero-order valence-corrected chi connectivity index (χ0v) is 12.2. The van der Waals surface area contributed by atoms with Gasteiger partial charge in [0.1, 0.15) is 0 Å². The van der Waals surface area contributed by atoms with Crippen molar-refractivity contribution in [3.8, 4) is 0 Å². The number of ether oxygens (including phenoxy) is 1. The van der Waals surface area contributed by atoms with Crippen molar-refractivity contribution in [2.45, 2.75) is 60.3 Å². The van der Waals surface area contributed by atoms with E-state index in [4.69, 9.17) is 4.74 Å². The normalized spacial score (nSPS) is 10.1. The first-order chi connectivity index (χ1) is 7.76. The van der Waals surface area contributed by atoms with Crippen molar-refractivity contribution in [3.63, 3.8) is 0 Å². The summed E-state index contributed by atoms with van der Waals surface area (Å²) in [6.45, 7) is 16.4. The molecule has 0 bridgehead atoms. The number of rotatable bonds is 9. The lowest BCUT2D eigenvalue weighted by atomic mass is 10.3. The minimum Gasteiger partial charge on any atom is -0.381 e. The van der Waals surface area contributed by atoms with Gasteiger partial charge >= 0.3 is 0 Å². The van der Waals surface area contributed by atoms with Crippen molar-refractivity contribution in [3.05, 3.63) is 0 Å². The van der Waals surface area contributed by atoms with Crippen LogP contribution < -0.4 is 0 Å². The van der Waals surface area contributed by atoms with Crippen LogP contribution in [0.15, 0.2) is 0 Å². The van der Waals surface area contributed by atoms with E-state index in [9.17, 15) is 0 Å². The molecule has 100 valence electrons. The molecule has 2 heteroatoms. The fourth-order valence-corrected chi connectivity index (χ4v) is 1.27. The third-order valence-electron chi connectivity index (χ3n) is 2.63. The lowest BCUT2D eigenvalue weighted by Crippen LogP contribution is -2.21. The third-order valence-corrected chi connectivity index (χ3v) is 2.63. The van der Waals surface area contributed by atoms with Crippen LogP contribution in [0.25, 0.3) is 0 Å². The van der Waals surface area contributed by atoms with Crippen LogP contribution in [0.1, 0.15) is 60.3 Å². The Morgan fingerprint density at radius 2 is 1.06 bits per heavy atom. The van der Waals surface area contributed by atoms with Gasteiger partial charge in [-0.25, -0.2) is 0 Å². The Morgan fingerprint density at radius 1 is 0.688 bits per heavy atom. The van der Waals surface area contributed by atoms with Crippen LogP contribution in [0.4, 0.5) is 0 Å². The van der Waals surface area contributed by atoms with E-state index in [0.717, 1.165) is 13.2 Å². The van der Waals surface area contributed by atoms with Crippen LogP contribution in [0, 0.1) is 0 Å². The summed E-state index contributed by atoms with van der Waals surface area (Å²) in [6, 6.07) is 0. The van der Waals surface area contributed by atoms with Crippen molar-refractivity contribution in [1.29, 1.82) is 0 Å². The van der Waals surface area contributed by atoms with Crippen molar-refractivity contribution in [2.75, 3.05) is 32.8 Å². The van der Waals surface area contributed by atoms with Crippen LogP contribution >= 0.6 is 0 Å². The van der Waals surface area contributed by atoms with Gasteiger partial charge in [-0.3, -0.25) is 0 Å². The van der Waals surface area contributed by atoms with E-state index in [0.29, 0.717) is 0 Å². The highest BCUT2D eigenvalue weighted by Gasteiger charge is 1.89. The van der Waals surface area contributed by atoms with Gasteiger partial charge in [-0.15, -0.1) is 0 Å². The predicted molar refractivity (Wildman–Crippen MR) is 74.1 cm³/mol. The van der Waals surface area contributed by atoms with Crippen molar-refractivity contribution in [1.82, 2.24) is 4.90 Å². The molecule has 0 fully saturated rings. The highest BCUT2D eigenvalue weighted by atomic mass is 16.5. The Balaban J connectivity index is 0. The van der Waals surface area contributed by atoms with Crippen LogP contribution in [-0.2, 0) is 4.74 Å². The Bertz CT molecular complexity index is 91.4. The topological polar surface area (TPSA) is 12.5 Å². The van der Waals surface area contributed by atoms with Gasteiger partial charge in [0.2, 0.25) is 0 Å². The van der Waals surface area contributed by atoms with E-state index >= 15 is 0 Å². The summed E-state index contributed by atoms with van der Waals surface area (Å²) in [6.07, 6.45) is 4.91.